The molecule has 3 saturated heterocycles. The van der Waals surface area contributed by atoms with Gasteiger partial charge >= 0.3 is 13.6 Å². The highest BCUT2D eigenvalue weighted by Crippen LogP contribution is 2.60. The molecule has 3 aliphatic rings. The van der Waals surface area contributed by atoms with Crippen molar-refractivity contribution in [1.82, 2.24) is 34.1 Å². The molecule has 23 heteroatoms. The molecule has 3 fully saturated rings. The van der Waals surface area contributed by atoms with Crippen LogP contribution in [-0.2, 0) is 36.7 Å². The molecule has 0 aromatic carbocycles. The smallest absolute Gasteiger partial charge is 0.386 e. The van der Waals surface area contributed by atoms with E-state index in [0.717, 1.165) is 0 Å². The lowest BCUT2D eigenvalue weighted by Gasteiger charge is -2.26. The predicted octanol–water partition coefficient (Wildman–Crippen LogP) is 0.845. The molecule has 0 amide bonds. The number of fused-ring (bicyclic) bond motifs is 5. The number of nitrogens with zero attached hydrogens (tertiary/aromatic N) is 7. The van der Waals surface area contributed by atoms with Crippen LogP contribution in [0.2, 0.25) is 0 Å². The van der Waals surface area contributed by atoms with Gasteiger partial charge in [0.2, 0.25) is 0 Å². The largest absolute Gasteiger partial charge is 0.387 e. The summed E-state index contributed by atoms with van der Waals surface area (Å²) in [5.74, 6) is 0.306. The Morgan fingerprint density at radius 3 is 2.18 bits per heavy atom. The summed E-state index contributed by atoms with van der Waals surface area (Å²) in [5.41, 5.74) is 12.7. The maximum absolute atomic E-state index is 13.5. The number of nitrogen functional groups attached to an aromatic ring is 2. The summed E-state index contributed by atoms with van der Waals surface area (Å²) in [7, 11) is 0. The van der Waals surface area contributed by atoms with E-state index in [1.807, 2.05) is 0 Å². The van der Waals surface area contributed by atoms with E-state index in [9.17, 15) is 19.3 Å². The zero-order valence-electron chi connectivity index (χ0n) is 22.2. The SMILES string of the molecule is Nc1ncnc2c1ccn2[C@@H]1OC2COP(=O)(S)O[C@H]3[C@@H](O)[C@H](n4cnc5c(N)ncnc54)O[C@@H]3COP(=O)(S)O[C@@H]1[C@@H]2O. The number of hydrogen-bond acceptors (Lipinski definition) is 17. The summed E-state index contributed by atoms with van der Waals surface area (Å²) < 4.78 is 64.3. The van der Waals surface area contributed by atoms with Crippen molar-refractivity contribution in [1.29, 1.82) is 0 Å². The standard InChI is InChI=1S/C21H25N9O10P2S2/c22-16-8-1-2-29(18(8)26-5-24-16)21-15-12(31)9(37-21)3-35-41(33,43)39-14-10(4-36-42(34,44)40-15)38-20(13(14)32)30-7-28-11-17(23)25-6-27-19(11)30/h1-2,5-7,9-10,12-15,20-21,31-32H,3-4H2,(H,33,43)(H,34,44)(H2,22,24,26)(H2,23,25,27)/t9?,10-,12-,13-,14-,15-,20-,21-,41?,42?/m1/s1. The van der Waals surface area contributed by atoms with Crippen LogP contribution in [0.5, 0.6) is 0 Å². The molecular weight excluding hydrogens is 664 g/mol. The minimum atomic E-state index is -4.29. The number of aliphatic hydroxyl groups is 2. The topological polar surface area (TPSA) is 256 Å². The number of hydrogen-bond donors (Lipinski definition) is 6. The van der Waals surface area contributed by atoms with Gasteiger partial charge in [0.15, 0.2) is 23.9 Å². The number of nitrogens with two attached hydrogens (primary N) is 2. The predicted molar refractivity (Wildman–Crippen MR) is 156 cm³/mol. The number of aliphatic hydroxyl groups excluding tert-OH is 2. The third-order valence-electron chi connectivity index (χ3n) is 7.41. The molecule has 10 atom stereocenters. The molecule has 0 spiro atoms. The molecule has 4 aromatic rings. The van der Waals surface area contributed by atoms with Gasteiger partial charge in [-0.25, -0.2) is 34.0 Å². The number of ether oxygens (including phenoxy) is 2. The molecule has 3 unspecified atom stereocenters. The van der Waals surface area contributed by atoms with Crippen molar-refractivity contribution in [2.45, 2.75) is 49.1 Å². The van der Waals surface area contributed by atoms with Gasteiger partial charge in [0.25, 0.3) is 0 Å². The molecular formula is C21H25N9O10P2S2. The van der Waals surface area contributed by atoms with Crippen LogP contribution in [0.15, 0.2) is 31.2 Å². The second kappa shape index (κ2) is 11.1. The lowest BCUT2D eigenvalue weighted by atomic mass is 10.1. The van der Waals surface area contributed by atoms with Gasteiger partial charge in [-0.1, -0.05) is 24.5 Å². The fourth-order valence-corrected chi connectivity index (χ4v) is 8.31. The first-order chi connectivity index (χ1) is 20.9. The molecule has 7 rings (SSSR count). The molecule has 4 aromatic heterocycles. The molecule has 44 heavy (non-hydrogen) atoms. The Morgan fingerprint density at radius 1 is 0.795 bits per heavy atom. The van der Waals surface area contributed by atoms with Crippen LogP contribution >= 0.6 is 38.1 Å². The highest BCUT2D eigenvalue weighted by atomic mass is 32.7. The number of thiol groups is 2. The van der Waals surface area contributed by atoms with E-state index in [0.29, 0.717) is 11.0 Å². The molecule has 236 valence electrons. The van der Waals surface area contributed by atoms with E-state index in [1.165, 1.54) is 28.1 Å². The Morgan fingerprint density at radius 2 is 1.43 bits per heavy atom. The van der Waals surface area contributed by atoms with Gasteiger partial charge in [-0.2, -0.15) is 0 Å². The van der Waals surface area contributed by atoms with Crippen LogP contribution in [0.4, 0.5) is 11.6 Å². The molecule has 0 aliphatic carbocycles. The van der Waals surface area contributed by atoms with Crippen molar-refractivity contribution in [3.05, 3.63) is 31.2 Å². The van der Waals surface area contributed by atoms with Crippen LogP contribution in [0.1, 0.15) is 12.5 Å². The minimum Gasteiger partial charge on any atom is -0.387 e. The lowest BCUT2D eigenvalue weighted by molar-refractivity contribution is -0.0574. The van der Waals surface area contributed by atoms with Gasteiger partial charge in [0.05, 0.1) is 24.9 Å². The van der Waals surface area contributed by atoms with Crippen molar-refractivity contribution in [3.8, 4) is 0 Å². The lowest BCUT2D eigenvalue weighted by Crippen LogP contribution is -2.35. The third kappa shape index (κ3) is 5.29. The van der Waals surface area contributed by atoms with E-state index >= 15 is 0 Å². The first kappa shape index (κ1) is 30.3. The summed E-state index contributed by atoms with van der Waals surface area (Å²) in [5, 5.41) is 22.9. The second-order valence-electron chi connectivity index (χ2n) is 10.1. The first-order valence-corrected chi connectivity index (χ1v) is 18.3. The van der Waals surface area contributed by atoms with Crippen molar-refractivity contribution in [2.24, 2.45) is 0 Å². The molecule has 0 radical (unpaired) electrons. The van der Waals surface area contributed by atoms with Crippen molar-refractivity contribution in [2.75, 3.05) is 24.7 Å². The zero-order chi connectivity index (χ0) is 31.0. The molecule has 19 nitrogen and oxygen atoms in total. The zero-order valence-corrected chi connectivity index (χ0v) is 25.7. The highest BCUT2D eigenvalue weighted by molar-refractivity contribution is 8.44. The summed E-state index contributed by atoms with van der Waals surface area (Å²) >= 11 is 8.20. The van der Waals surface area contributed by atoms with Gasteiger partial charge in [0.1, 0.15) is 66.3 Å². The Labute approximate surface area is 257 Å². The Hall–Kier alpha value is -2.39. The molecule has 7 heterocycles. The average Bonchev–Trinajstić information content (AvgIpc) is 3.73. The quantitative estimate of drug-likeness (QED) is 0.126. The normalized spacial score (nSPS) is 38.3. The Balaban J connectivity index is 1.20. The van der Waals surface area contributed by atoms with Gasteiger partial charge in [-0.3, -0.25) is 22.7 Å². The number of imidazole rings is 1. The second-order valence-corrected chi connectivity index (χ2v) is 15.8. The summed E-state index contributed by atoms with van der Waals surface area (Å²) in [4.78, 5) is 20.4. The van der Waals surface area contributed by atoms with Crippen LogP contribution in [0, 0.1) is 0 Å². The van der Waals surface area contributed by atoms with E-state index in [4.69, 9.17) is 39.0 Å². The fourth-order valence-electron chi connectivity index (χ4n) is 5.36. The van der Waals surface area contributed by atoms with Gasteiger partial charge in [0, 0.05) is 6.20 Å². The molecule has 2 bridgehead atoms. The fraction of sp³-hybridized carbons (Fsp3) is 0.476. The molecule has 6 N–H and O–H groups in total. The van der Waals surface area contributed by atoms with E-state index < -0.39 is 75.9 Å². The number of rotatable bonds is 2. The van der Waals surface area contributed by atoms with E-state index in [-0.39, 0.29) is 22.8 Å². The van der Waals surface area contributed by atoms with E-state index in [2.05, 4.69) is 49.4 Å². The number of anilines is 2. The van der Waals surface area contributed by atoms with Crippen LogP contribution in [0.3, 0.4) is 0 Å². The van der Waals surface area contributed by atoms with Crippen LogP contribution < -0.4 is 11.5 Å². The molecule has 0 saturated carbocycles. The van der Waals surface area contributed by atoms with Crippen molar-refractivity contribution >= 4 is 71.9 Å². The first-order valence-electron chi connectivity index (χ1n) is 12.9. The van der Waals surface area contributed by atoms with Crippen molar-refractivity contribution < 1.29 is 46.9 Å². The van der Waals surface area contributed by atoms with E-state index in [1.54, 1.807) is 12.3 Å². The number of aromatic nitrogens is 7. The highest BCUT2D eigenvalue weighted by Gasteiger charge is 2.53. The summed E-state index contributed by atoms with van der Waals surface area (Å²) in [6.45, 7) is -9.61. The molecule has 3 aliphatic heterocycles. The van der Waals surface area contributed by atoms with Gasteiger partial charge < -0.3 is 35.7 Å². The third-order valence-corrected chi connectivity index (χ3v) is 10.6. The van der Waals surface area contributed by atoms with Gasteiger partial charge in [-0.15, -0.1) is 0 Å². The Kier molecular flexibility index (Phi) is 7.67. The minimum absolute atomic E-state index is 0.103. The maximum atomic E-state index is 13.5. The monoisotopic (exact) mass is 689 g/mol. The average molecular weight is 690 g/mol. The van der Waals surface area contributed by atoms with Crippen molar-refractivity contribution in [3.63, 3.8) is 0 Å². The van der Waals surface area contributed by atoms with Crippen LogP contribution in [-0.4, -0.2) is 94.1 Å². The Bertz CT molecular complexity index is 1830. The summed E-state index contributed by atoms with van der Waals surface area (Å²) in [6.07, 6.45) is -5.09. The summed E-state index contributed by atoms with van der Waals surface area (Å²) in [6, 6.07) is 1.63. The van der Waals surface area contributed by atoms with Crippen LogP contribution in [0.25, 0.3) is 22.2 Å². The van der Waals surface area contributed by atoms with Gasteiger partial charge in [-0.05, 0) is 6.07 Å². The maximum Gasteiger partial charge on any atom is 0.386 e.